The summed E-state index contributed by atoms with van der Waals surface area (Å²) in [6.07, 6.45) is 4.21. The van der Waals surface area contributed by atoms with E-state index < -0.39 is 0 Å². The van der Waals surface area contributed by atoms with Gasteiger partial charge >= 0.3 is 0 Å². The third-order valence-electron chi connectivity index (χ3n) is 2.69. The highest BCUT2D eigenvalue weighted by Crippen LogP contribution is 2.23. The first kappa shape index (κ1) is 10.4. The summed E-state index contributed by atoms with van der Waals surface area (Å²) in [4.78, 5) is 17.2. The van der Waals surface area contributed by atoms with Gasteiger partial charge in [-0.2, -0.15) is 5.26 Å². The minimum atomic E-state index is -0.375. The number of pyridine rings is 1. The Balaban J connectivity index is 2.26. The summed E-state index contributed by atoms with van der Waals surface area (Å²) >= 11 is 0. The van der Waals surface area contributed by atoms with Crippen LogP contribution in [0.25, 0.3) is 0 Å². The van der Waals surface area contributed by atoms with Crippen molar-refractivity contribution in [2.45, 2.75) is 18.9 Å². The fourth-order valence-electron chi connectivity index (χ4n) is 1.87. The van der Waals surface area contributed by atoms with Gasteiger partial charge in [0.05, 0.1) is 17.8 Å². The van der Waals surface area contributed by atoms with Gasteiger partial charge in [0.25, 0.3) is 5.91 Å². The molecular weight excluding hydrogens is 206 g/mol. The van der Waals surface area contributed by atoms with E-state index in [1.54, 1.807) is 0 Å². The number of hydrogen-bond acceptors (Lipinski definition) is 4. The average molecular weight is 217 g/mol. The van der Waals surface area contributed by atoms with Crippen LogP contribution >= 0.6 is 0 Å². The third-order valence-corrected chi connectivity index (χ3v) is 2.69. The lowest BCUT2D eigenvalue weighted by Crippen LogP contribution is -2.34. The van der Waals surface area contributed by atoms with Crippen molar-refractivity contribution in [2.75, 3.05) is 6.54 Å². The number of nitrogens with zero attached hydrogens (tertiary/aromatic N) is 3. The van der Waals surface area contributed by atoms with Crippen molar-refractivity contribution in [3.63, 3.8) is 0 Å². The number of likely N-dealkylation sites (tertiary alicyclic amines) is 1. The summed E-state index contributed by atoms with van der Waals surface area (Å²) in [6.45, 7) is 0.568. The van der Waals surface area contributed by atoms with Crippen LogP contribution in [0.4, 0.5) is 0 Å². The molecular formula is C11H11N3O2. The molecule has 1 N–H and O–H groups in total. The number of nitriles is 1. The zero-order valence-corrected chi connectivity index (χ0v) is 8.63. The molecule has 1 saturated heterocycles. The zero-order valence-electron chi connectivity index (χ0n) is 8.63. The molecule has 1 aliphatic rings. The zero-order chi connectivity index (χ0) is 11.5. The summed E-state index contributed by atoms with van der Waals surface area (Å²) < 4.78 is 0. The molecule has 82 valence electrons. The SMILES string of the molecule is N#CC1CCCN1C(=O)c1ccncc1O. The number of carbonyl (C=O) groups is 1. The summed E-state index contributed by atoms with van der Waals surface area (Å²) in [6, 6.07) is 3.18. The Bertz CT molecular complexity index is 453. The van der Waals surface area contributed by atoms with Crippen molar-refractivity contribution in [3.05, 3.63) is 24.0 Å². The maximum absolute atomic E-state index is 12.0. The molecule has 0 saturated carbocycles. The van der Waals surface area contributed by atoms with E-state index in [1.165, 1.54) is 23.4 Å². The minimum Gasteiger partial charge on any atom is -0.505 e. The van der Waals surface area contributed by atoms with E-state index in [9.17, 15) is 9.90 Å². The molecule has 1 aliphatic heterocycles. The van der Waals surface area contributed by atoms with Crippen LogP contribution in [0.15, 0.2) is 18.5 Å². The van der Waals surface area contributed by atoms with Crippen LogP contribution in [-0.2, 0) is 0 Å². The second kappa shape index (κ2) is 4.19. The van der Waals surface area contributed by atoms with Crippen molar-refractivity contribution in [1.82, 2.24) is 9.88 Å². The summed E-state index contributed by atoms with van der Waals surface area (Å²) in [7, 11) is 0. The maximum Gasteiger partial charge on any atom is 0.258 e. The fourth-order valence-corrected chi connectivity index (χ4v) is 1.87. The van der Waals surface area contributed by atoms with E-state index in [1.807, 2.05) is 0 Å². The van der Waals surface area contributed by atoms with Gasteiger partial charge in [0.1, 0.15) is 11.8 Å². The molecule has 1 aromatic rings. The normalized spacial score (nSPS) is 19.4. The van der Waals surface area contributed by atoms with E-state index in [2.05, 4.69) is 11.1 Å². The Hall–Kier alpha value is -2.09. The number of amides is 1. The van der Waals surface area contributed by atoms with E-state index in [4.69, 9.17) is 5.26 Å². The smallest absolute Gasteiger partial charge is 0.258 e. The van der Waals surface area contributed by atoms with Crippen molar-refractivity contribution in [3.8, 4) is 11.8 Å². The molecule has 1 amide bonds. The molecule has 16 heavy (non-hydrogen) atoms. The molecule has 0 spiro atoms. The second-order valence-electron chi connectivity index (χ2n) is 3.68. The van der Waals surface area contributed by atoms with Gasteiger partial charge in [0, 0.05) is 12.7 Å². The molecule has 0 aromatic carbocycles. The first-order chi connectivity index (χ1) is 7.74. The standard InChI is InChI=1S/C11H11N3O2/c12-6-8-2-1-5-14(8)11(16)9-3-4-13-7-10(9)15/h3-4,7-8,15H,1-2,5H2. The van der Waals surface area contributed by atoms with Crippen molar-refractivity contribution >= 4 is 5.91 Å². The van der Waals surface area contributed by atoms with Crippen molar-refractivity contribution in [1.29, 1.82) is 5.26 Å². The Kier molecular flexibility index (Phi) is 2.73. The van der Waals surface area contributed by atoms with Crippen LogP contribution in [0.2, 0.25) is 0 Å². The Morgan fingerprint density at radius 3 is 3.19 bits per heavy atom. The average Bonchev–Trinajstić information content (AvgIpc) is 2.77. The minimum absolute atomic E-state index is 0.143. The van der Waals surface area contributed by atoms with Gasteiger partial charge in [-0.1, -0.05) is 0 Å². The predicted octanol–water partition coefficient (Wildman–Crippen LogP) is 0.915. The Morgan fingerprint density at radius 2 is 2.50 bits per heavy atom. The molecule has 1 unspecified atom stereocenters. The lowest BCUT2D eigenvalue weighted by molar-refractivity contribution is 0.0761. The van der Waals surface area contributed by atoms with Gasteiger partial charge in [-0.05, 0) is 18.9 Å². The van der Waals surface area contributed by atoms with E-state index in [0.717, 1.165) is 6.42 Å². The van der Waals surface area contributed by atoms with Gasteiger partial charge in [0.2, 0.25) is 0 Å². The molecule has 0 bridgehead atoms. The first-order valence-electron chi connectivity index (χ1n) is 5.07. The fraction of sp³-hybridized carbons (Fsp3) is 0.364. The van der Waals surface area contributed by atoms with Crippen molar-refractivity contribution < 1.29 is 9.90 Å². The van der Waals surface area contributed by atoms with Gasteiger partial charge in [-0.15, -0.1) is 0 Å². The second-order valence-corrected chi connectivity index (χ2v) is 3.68. The third kappa shape index (κ3) is 1.70. The van der Waals surface area contributed by atoms with Crippen LogP contribution in [0.5, 0.6) is 5.75 Å². The van der Waals surface area contributed by atoms with E-state index in [0.29, 0.717) is 13.0 Å². The molecule has 1 fully saturated rings. The summed E-state index contributed by atoms with van der Waals surface area (Å²) in [5.41, 5.74) is 0.206. The quantitative estimate of drug-likeness (QED) is 0.758. The lowest BCUT2D eigenvalue weighted by atomic mass is 10.2. The molecule has 5 heteroatoms. The van der Waals surface area contributed by atoms with Crippen LogP contribution in [0.1, 0.15) is 23.2 Å². The van der Waals surface area contributed by atoms with Gasteiger partial charge in [0.15, 0.2) is 0 Å². The Morgan fingerprint density at radius 1 is 1.69 bits per heavy atom. The van der Waals surface area contributed by atoms with Crippen LogP contribution in [-0.4, -0.2) is 33.5 Å². The molecule has 2 heterocycles. The first-order valence-corrected chi connectivity index (χ1v) is 5.07. The van der Waals surface area contributed by atoms with Crippen LogP contribution in [0, 0.1) is 11.3 Å². The predicted molar refractivity (Wildman–Crippen MR) is 55.6 cm³/mol. The molecule has 5 nitrogen and oxygen atoms in total. The number of aromatic nitrogens is 1. The molecule has 0 aliphatic carbocycles. The van der Waals surface area contributed by atoms with Gasteiger partial charge < -0.3 is 10.0 Å². The summed E-state index contributed by atoms with van der Waals surface area (Å²) in [5.74, 6) is -0.444. The monoisotopic (exact) mass is 217 g/mol. The van der Waals surface area contributed by atoms with E-state index >= 15 is 0 Å². The number of aromatic hydroxyl groups is 1. The number of hydrogen-bond donors (Lipinski definition) is 1. The molecule has 2 rings (SSSR count). The molecule has 1 aromatic heterocycles. The summed E-state index contributed by atoms with van der Waals surface area (Å²) in [5, 5.41) is 18.4. The number of carbonyl (C=O) groups excluding carboxylic acids is 1. The molecule has 0 radical (unpaired) electrons. The highest BCUT2D eigenvalue weighted by molar-refractivity contribution is 5.97. The van der Waals surface area contributed by atoms with Crippen LogP contribution < -0.4 is 0 Å². The maximum atomic E-state index is 12.0. The highest BCUT2D eigenvalue weighted by atomic mass is 16.3. The Labute approximate surface area is 92.9 Å². The van der Waals surface area contributed by atoms with E-state index in [-0.39, 0.29) is 23.3 Å². The topological polar surface area (TPSA) is 77.2 Å². The van der Waals surface area contributed by atoms with Gasteiger partial charge in [-0.3, -0.25) is 9.78 Å². The van der Waals surface area contributed by atoms with Gasteiger partial charge in [-0.25, -0.2) is 0 Å². The van der Waals surface area contributed by atoms with Crippen LogP contribution in [0.3, 0.4) is 0 Å². The van der Waals surface area contributed by atoms with Crippen molar-refractivity contribution in [2.24, 2.45) is 0 Å². The number of rotatable bonds is 1. The largest absolute Gasteiger partial charge is 0.505 e. The highest BCUT2D eigenvalue weighted by Gasteiger charge is 2.30. The molecule has 1 atom stereocenters. The lowest BCUT2D eigenvalue weighted by Gasteiger charge is -2.19.